The zero-order valence-electron chi connectivity index (χ0n) is 14.6. The number of carbonyl (C=O) groups is 2. The van der Waals surface area contributed by atoms with Gasteiger partial charge < -0.3 is 19.8 Å². The van der Waals surface area contributed by atoms with E-state index in [2.05, 4.69) is 10.6 Å². The summed E-state index contributed by atoms with van der Waals surface area (Å²) < 4.78 is 10.2. The van der Waals surface area contributed by atoms with Crippen LogP contribution in [0.3, 0.4) is 0 Å². The number of furan rings is 1. The smallest absolute Gasteiger partial charge is 0.287 e. The second-order valence-corrected chi connectivity index (χ2v) is 5.94. The predicted octanol–water partition coefficient (Wildman–Crippen LogP) is 2.88. The summed E-state index contributed by atoms with van der Waals surface area (Å²) in [6, 6.07) is 14.3. The summed E-state index contributed by atoms with van der Waals surface area (Å²) in [6.45, 7) is 2.00. The Hall–Kier alpha value is -3.28. The first-order valence-electron chi connectivity index (χ1n) is 8.25. The first-order chi connectivity index (χ1) is 12.6. The monoisotopic (exact) mass is 352 g/mol. The molecule has 3 rings (SSSR count). The molecule has 6 heteroatoms. The van der Waals surface area contributed by atoms with Gasteiger partial charge in [0.25, 0.3) is 5.91 Å². The Morgan fingerprint density at radius 2 is 1.88 bits per heavy atom. The van der Waals surface area contributed by atoms with E-state index in [1.54, 1.807) is 26.2 Å². The molecule has 2 amide bonds. The van der Waals surface area contributed by atoms with Gasteiger partial charge in [-0.1, -0.05) is 18.2 Å². The third-order valence-corrected chi connectivity index (χ3v) is 4.06. The van der Waals surface area contributed by atoms with Crippen molar-refractivity contribution in [2.75, 3.05) is 7.11 Å². The number of carbonyl (C=O) groups excluding carboxylic acids is 2. The van der Waals surface area contributed by atoms with Gasteiger partial charge in [-0.25, -0.2) is 0 Å². The SMILES string of the molecule is COc1ccc2cc(CNC(=O)C(C)NC(=O)c3ccco3)ccc2c1. The molecule has 2 N–H and O–H groups in total. The highest BCUT2D eigenvalue weighted by Crippen LogP contribution is 2.21. The lowest BCUT2D eigenvalue weighted by Gasteiger charge is -2.13. The highest BCUT2D eigenvalue weighted by molar-refractivity contribution is 5.95. The molecule has 134 valence electrons. The molecule has 0 saturated heterocycles. The molecule has 3 aromatic rings. The summed E-state index contributed by atoms with van der Waals surface area (Å²) in [5.41, 5.74) is 0.973. The van der Waals surface area contributed by atoms with Crippen LogP contribution in [-0.4, -0.2) is 25.0 Å². The Balaban J connectivity index is 1.58. The van der Waals surface area contributed by atoms with Crippen LogP contribution >= 0.6 is 0 Å². The Bertz CT molecular complexity index is 919. The van der Waals surface area contributed by atoms with Crippen LogP contribution in [0.4, 0.5) is 0 Å². The highest BCUT2D eigenvalue weighted by atomic mass is 16.5. The van der Waals surface area contributed by atoms with Crippen LogP contribution in [0.5, 0.6) is 5.75 Å². The quantitative estimate of drug-likeness (QED) is 0.715. The van der Waals surface area contributed by atoms with E-state index in [1.807, 2.05) is 36.4 Å². The van der Waals surface area contributed by atoms with Crippen LogP contribution < -0.4 is 15.4 Å². The van der Waals surface area contributed by atoms with Gasteiger partial charge in [0.2, 0.25) is 5.91 Å². The maximum atomic E-state index is 12.2. The minimum atomic E-state index is -0.669. The van der Waals surface area contributed by atoms with E-state index in [-0.39, 0.29) is 11.7 Å². The molecule has 0 radical (unpaired) electrons. The number of benzene rings is 2. The Morgan fingerprint density at radius 3 is 2.62 bits per heavy atom. The van der Waals surface area contributed by atoms with Crippen LogP contribution in [0.1, 0.15) is 23.0 Å². The van der Waals surface area contributed by atoms with Crippen molar-refractivity contribution < 1.29 is 18.7 Å². The molecule has 0 aliphatic heterocycles. The van der Waals surface area contributed by atoms with Gasteiger partial charge in [-0.15, -0.1) is 0 Å². The molecule has 0 aliphatic rings. The second-order valence-electron chi connectivity index (χ2n) is 5.94. The van der Waals surface area contributed by atoms with Gasteiger partial charge in [0, 0.05) is 6.54 Å². The van der Waals surface area contributed by atoms with Gasteiger partial charge >= 0.3 is 0 Å². The fourth-order valence-electron chi connectivity index (χ4n) is 2.59. The van der Waals surface area contributed by atoms with Crippen molar-refractivity contribution in [1.82, 2.24) is 10.6 Å². The van der Waals surface area contributed by atoms with E-state index >= 15 is 0 Å². The maximum absolute atomic E-state index is 12.2. The topological polar surface area (TPSA) is 80.6 Å². The van der Waals surface area contributed by atoms with Crippen molar-refractivity contribution in [2.45, 2.75) is 19.5 Å². The Kier molecular flexibility index (Phi) is 5.22. The molecule has 0 fully saturated rings. The van der Waals surface area contributed by atoms with E-state index in [9.17, 15) is 9.59 Å². The van der Waals surface area contributed by atoms with Crippen LogP contribution in [-0.2, 0) is 11.3 Å². The number of methoxy groups -OCH3 is 1. The van der Waals surface area contributed by atoms with Gasteiger partial charge in [0.1, 0.15) is 11.8 Å². The molecule has 0 aliphatic carbocycles. The van der Waals surface area contributed by atoms with Gasteiger partial charge in [-0.3, -0.25) is 9.59 Å². The third kappa shape index (κ3) is 4.03. The minimum absolute atomic E-state index is 0.176. The molecule has 1 aromatic heterocycles. The van der Waals surface area contributed by atoms with Crippen molar-refractivity contribution in [3.8, 4) is 5.75 Å². The summed E-state index contributed by atoms with van der Waals surface area (Å²) in [7, 11) is 1.64. The van der Waals surface area contributed by atoms with E-state index in [1.165, 1.54) is 6.26 Å². The zero-order chi connectivity index (χ0) is 18.5. The van der Waals surface area contributed by atoms with E-state index < -0.39 is 11.9 Å². The third-order valence-electron chi connectivity index (χ3n) is 4.06. The van der Waals surface area contributed by atoms with Crippen LogP contribution in [0.25, 0.3) is 10.8 Å². The number of amides is 2. The number of hydrogen-bond donors (Lipinski definition) is 2. The molecule has 2 aromatic carbocycles. The molecule has 0 saturated carbocycles. The average Bonchev–Trinajstić information content (AvgIpc) is 3.20. The molecular formula is C20H20N2O4. The highest BCUT2D eigenvalue weighted by Gasteiger charge is 2.17. The average molecular weight is 352 g/mol. The second kappa shape index (κ2) is 7.74. The fourth-order valence-corrected chi connectivity index (χ4v) is 2.59. The molecule has 26 heavy (non-hydrogen) atoms. The van der Waals surface area contributed by atoms with Crippen LogP contribution in [0, 0.1) is 0 Å². The molecule has 0 bridgehead atoms. The fraction of sp³-hybridized carbons (Fsp3) is 0.200. The minimum Gasteiger partial charge on any atom is -0.497 e. The Morgan fingerprint density at radius 1 is 1.12 bits per heavy atom. The van der Waals surface area contributed by atoms with Gasteiger partial charge in [-0.05, 0) is 53.6 Å². The zero-order valence-corrected chi connectivity index (χ0v) is 14.6. The molecular weight excluding hydrogens is 332 g/mol. The van der Waals surface area contributed by atoms with Gasteiger partial charge in [0.15, 0.2) is 5.76 Å². The van der Waals surface area contributed by atoms with Crippen LogP contribution in [0.15, 0.2) is 59.2 Å². The van der Waals surface area contributed by atoms with Gasteiger partial charge in [-0.2, -0.15) is 0 Å². The van der Waals surface area contributed by atoms with Crippen molar-refractivity contribution >= 4 is 22.6 Å². The first kappa shape index (κ1) is 17.5. The van der Waals surface area contributed by atoms with Crippen molar-refractivity contribution in [1.29, 1.82) is 0 Å². The summed E-state index contributed by atoms with van der Waals surface area (Å²) >= 11 is 0. The summed E-state index contributed by atoms with van der Waals surface area (Å²) in [5.74, 6) is 0.298. The predicted molar refractivity (Wildman–Crippen MR) is 98.0 cm³/mol. The van der Waals surface area contributed by atoms with Crippen molar-refractivity contribution in [3.05, 3.63) is 66.1 Å². The lowest BCUT2D eigenvalue weighted by atomic mass is 10.1. The summed E-state index contributed by atoms with van der Waals surface area (Å²) in [4.78, 5) is 24.1. The van der Waals surface area contributed by atoms with Crippen LogP contribution in [0.2, 0.25) is 0 Å². The van der Waals surface area contributed by atoms with E-state index in [0.29, 0.717) is 6.54 Å². The van der Waals surface area contributed by atoms with E-state index in [4.69, 9.17) is 9.15 Å². The first-order valence-corrected chi connectivity index (χ1v) is 8.25. The normalized spacial score (nSPS) is 11.8. The number of rotatable bonds is 6. The number of ether oxygens (including phenoxy) is 1. The molecule has 1 atom stereocenters. The van der Waals surface area contributed by atoms with E-state index in [0.717, 1.165) is 22.1 Å². The molecule has 0 spiro atoms. The number of nitrogens with one attached hydrogen (secondary N) is 2. The van der Waals surface area contributed by atoms with Gasteiger partial charge in [0.05, 0.1) is 13.4 Å². The molecule has 6 nitrogen and oxygen atoms in total. The Labute approximate surface area is 151 Å². The summed E-state index contributed by atoms with van der Waals surface area (Å²) in [5, 5.41) is 7.56. The lowest BCUT2D eigenvalue weighted by Crippen LogP contribution is -2.44. The van der Waals surface area contributed by atoms with Crippen molar-refractivity contribution in [3.63, 3.8) is 0 Å². The summed E-state index contributed by atoms with van der Waals surface area (Å²) in [6.07, 6.45) is 1.41. The lowest BCUT2D eigenvalue weighted by molar-refractivity contribution is -0.122. The standard InChI is InChI=1S/C20H20N2O4/c1-13(22-20(24)18-4-3-9-26-18)19(23)21-12-14-5-6-16-11-17(25-2)8-7-15(16)10-14/h3-11,13H,12H2,1-2H3,(H,21,23)(H,22,24). The largest absolute Gasteiger partial charge is 0.497 e. The molecule has 1 heterocycles. The molecule has 1 unspecified atom stereocenters. The number of fused-ring (bicyclic) bond motifs is 1. The van der Waals surface area contributed by atoms with Crippen molar-refractivity contribution in [2.24, 2.45) is 0 Å². The maximum Gasteiger partial charge on any atom is 0.287 e. The number of hydrogen-bond acceptors (Lipinski definition) is 4.